The third kappa shape index (κ3) is 5.90. The molecule has 0 heterocycles. The number of ether oxygens (including phenoxy) is 1. The highest BCUT2D eigenvalue weighted by Gasteiger charge is 2.05. The zero-order valence-electron chi connectivity index (χ0n) is 11.4. The third-order valence-electron chi connectivity index (χ3n) is 2.58. The molecular weight excluding hydrogens is 244 g/mol. The van der Waals surface area contributed by atoms with Crippen LogP contribution in [0.2, 0.25) is 0 Å². The van der Waals surface area contributed by atoms with Crippen molar-refractivity contribution in [1.29, 1.82) is 0 Å². The number of carbonyl (C=O) groups is 2. The molecule has 0 spiro atoms. The smallest absolute Gasteiger partial charge is 0.243 e. The molecule has 0 aromatic heterocycles. The van der Waals surface area contributed by atoms with Gasteiger partial charge < -0.3 is 15.4 Å². The molecule has 0 aliphatic carbocycles. The van der Waals surface area contributed by atoms with Crippen LogP contribution in [0.3, 0.4) is 0 Å². The van der Waals surface area contributed by atoms with E-state index in [2.05, 4.69) is 10.6 Å². The number of methoxy groups -OCH3 is 1. The Morgan fingerprint density at radius 3 is 2.42 bits per heavy atom. The summed E-state index contributed by atoms with van der Waals surface area (Å²) in [5.41, 5.74) is 0.675. The summed E-state index contributed by atoms with van der Waals surface area (Å²) in [6, 6.07) is 7.01. The van der Waals surface area contributed by atoms with Crippen molar-refractivity contribution in [3.63, 3.8) is 0 Å². The monoisotopic (exact) mass is 264 g/mol. The fraction of sp³-hybridized carbons (Fsp3) is 0.429. The summed E-state index contributed by atoms with van der Waals surface area (Å²) in [4.78, 5) is 22.9. The Balaban J connectivity index is 2.32. The van der Waals surface area contributed by atoms with Gasteiger partial charge in [0.15, 0.2) is 0 Å². The molecule has 0 aliphatic heterocycles. The summed E-state index contributed by atoms with van der Waals surface area (Å²) in [6.07, 6.45) is 2.27. The normalized spacial score (nSPS) is 9.79. The quantitative estimate of drug-likeness (QED) is 0.791. The number of rotatable bonds is 7. The van der Waals surface area contributed by atoms with Crippen LogP contribution in [0, 0.1) is 0 Å². The van der Waals surface area contributed by atoms with E-state index in [0.29, 0.717) is 12.1 Å². The van der Waals surface area contributed by atoms with Gasteiger partial charge in [0.2, 0.25) is 11.8 Å². The number of anilines is 1. The molecule has 0 aliphatic rings. The van der Waals surface area contributed by atoms with Crippen molar-refractivity contribution in [2.75, 3.05) is 19.0 Å². The van der Waals surface area contributed by atoms with E-state index in [1.165, 1.54) is 0 Å². The number of hydrogen-bond acceptors (Lipinski definition) is 3. The van der Waals surface area contributed by atoms with Crippen LogP contribution in [0.1, 0.15) is 26.2 Å². The summed E-state index contributed by atoms with van der Waals surface area (Å²) >= 11 is 0. The maximum atomic E-state index is 11.6. The Morgan fingerprint density at radius 1 is 1.16 bits per heavy atom. The molecule has 0 saturated carbocycles. The van der Waals surface area contributed by atoms with Gasteiger partial charge in [-0.25, -0.2) is 0 Å². The first-order valence-corrected chi connectivity index (χ1v) is 6.36. The second-order valence-corrected chi connectivity index (χ2v) is 4.16. The van der Waals surface area contributed by atoms with Gasteiger partial charge in [-0.2, -0.15) is 0 Å². The second-order valence-electron chi connectivity index (χ2n) is 4.16. The first kappa shape index (κ1) is 15.0. The fourth-order valence-electron chi connectivity index (χ4n) is 1.48. The zero-order chi connectivity index (χ0) is 14.1. The topological polar surface area (TPSA) is 67.4 Å². The van der Waals surface area contributed by atoms with Crippen molar-refractivity contribution in [3.05, 3.63) is 24.3 Å². The van der Waals surface area contributed by atoms with E-state index >= 15 is 0 Å². The molecule has 1 rings (SSSR count). The highest BCUT2D eigenvalue weighted by Crippen LogP contribution is 2.14. The first-order valence-electron chi connectivity index (χ1n) is 6.36. The lowest BCUT2D eigenvalue weighted by atomic mass is 10.2. The maximum absolute atomic E-state index is 11.6. The third-order valence-corrected chi connectivity index (χ3v) is 2.58. The summed E-state index contributed by atoms with van der Waals surface area (Å²) in [5.74, 6) is 0.396. The Bertz CT molecular complexity index is 415. The molecule has 0 bridgehead atoms. The Hall–Kier alpha value is -2.04. The molecule has 5 heteroatoms. The average Bonchev–Trinajstić information content (AvgIpc) is 2.43. The van der Waals surface area contributed by atoms with Crippen LogP contribution in [0.4, 0.5) is 5.69 Å². The number of hydrogen-bond donors (Lipinski definition) is 2. The predicted molar refractivity (Wildman–Crippen MR) is 74.2 cm³/mol. The van der Waals surface area contributed by atoms with Gasteiger partial charge in [-0.3, -0.25) is 9.59 Å². The molecule has 0 atom stereocenters. The van der Waals surface area contributed by atoms with Gasteiger partial charge in [0.25, 0.3) is 0 Å². The lowest BCUT2D eigenvalue weighted by Gasteiger charge is -2.07. The molecule has 104 valence electrons. The van der Waals surface area contributed by atoms with Crippen LogP contribution < -0.4 is 15.4 Å². The predicted octanol–water partition coefficient (Wildman–Crippen LogP) is 1.94. The average molecular weight is 264 g/mol. The molecule has 19 heavy (non-hydrogen) atoms. The van der Waals surface area contributed by atoms with Crippen molar-refractivity contribution in [3.8, 4) is 5.75 Å². The highest BCUT2D eigenvalue weighted by atomic mass is 16.5. The summed E-state index contributed by atoms with van der Waals surface area (Å²) in [7, 11) is 1.58. The minimum Gasteiger partial charge on any atom is -0.497 e. The summed E-state index contributed by atoms with van der Waals surface area (Å²) in [6.45, 7) is 2.01. The number of carbonyl (C=O) groups excluding carboxylic acids is 2. The second kappa shape index (κ2) is 8.13. The molecule has 0 saturated heterocycles. The zero-order valence-corrected chi connectivity index (χ0v) is 11.4. The lowest BCUT2D eigenvalue weighted by Crippen LogP contribution is -2.32. The van der Waals surface area contributed by atoms with Crippen LogP contribution in [0.5, 0.6) is 5.75 Å². The van der Waals surface area contributed by atoms with Crippen molar-refractivity contribution < 1.29 is 14.3 Å². The van der Waals surface area contributed by atoms with Gasteiger partial charge in [0.1, 0.15) is 5.75 Å². The molecule has 2 amide bonds. The van der Waals surface area contributed by atoms with E-state index < -0.39 is 0 Å². The number of nitrogens with one attached hydrogen (secondary N) is 2. The molecule has 2 N–H and O–H groups in total. The van der Waals surface area contributed by atoms with Gasteiger partial charge in [-0.1, -0.05) is 13.3 Å². The Labute approximate surface area is 113 Å². The number of unbranched alkanes of at least 4 members (excludes halogenated alkanes) is 1. The molecule has 1 aromatic rings. The molecule has 5 nitrogen and oxygen atoms in total. The van der Waals surface area contributed by atoms with E-state index in [4.69, 9.17) is 4.74 Å². The minimum absolute atomic E-state index is 0.00538. The van der Waals surface area contributed by atoms with E-state index in [9.17, 15) is 9.59 Å². The van der Waals surface area contributed by atoms with Crippen LogP contribution in [-0.4, -0.2) is 25.5 Å². The maximum Gasteiger partial charge on any atom is 0.243 e. The van der Waals surface area contributed by atoms with Crippen LogP contribution in [0.25, 0.3) is 0 Å². The molecular formula is C14H20N2O3. The van der Waals surface area contributed by atoms with Gasteiger partial charge >= 0.3 is 0 Å². The van der Waals surface area contributed by atoms with E-state index in [1.807, 2.05) is 6.92 Å². The first-order chi connectivity index (χ1) is 9.15. The highest BCUT2D eigenvalue weighted by molar-refractivity contribution is 5.94. The summed E-state index contributed by atoms with van der Waals surface area (Å²) in [5, 5.41) is 5.28. The van der Waals surface area contributed by atoms with Crippen molar-refractivity contribution in [2.24, 2.45) is 0 Å². The van der Waals surface area contributed by atoms with Crippen LogP contribution >= 0.6 is 0 Å². The van der Waals surface area contributed by atoms with Crippen molar-refractivity contribution >= 4 is 17.5 Å². The van der Waals surface area contributed by atoms with E-state index in [-0.39, 0.29) is 18.4 Å². The SMILES string of the molecule is CCCCC(=O)NCC(=O)Nc1ccc(OC)cc1. The standard InChI is InChI=1S/C14H20N2O3/c1-3-4-5-13(17)15-10-14(18)16-11-6-8-12(19-2)9-7-11/h6-9H,3-5,10H2,1-2H3,(H,15,17)(H,16,18). The molecule has 0 radical (unpaired) electrons. The van der Waals surface area contributed by atoms with Gasteiger partial charge in [-0.15, -0.1) is 0 Å². The van der Waals surface area contributed by atoms with Crippen molar-refractivity contribution in [1.82, 2.24) is 5.32 Å². The molecule has 1 aromatic carbocycles. The Morgan fingerprint density at radius 2 is 1.84 bits per heavy atom. The lowest BCUT2D eigenvalue weighted by molar-refractivity contribution is -0.124. The number of benzene rings is 1. The van der Waals surface area contributed by atoms with E-state index in [1.54, 1.807) is 31.4 Å². The van der Waals surface area contributed by atoms with Gasteiger partial charge in [0.05, 0.1) is 13.7 Å². The summed E-state index contributed by atoms with van der Waals surface area (Å²) < 4.78 is 5.02. The molecule has 0 fully saturated rings. The van der Waals surface area contributed by atoms with Gasteiger partial charge in [-0.05, 0) is 30.7 Å². The molecule has 0 unspecified atom stereocenters. The van der Waals surface area contributed by atoms with Crippen molar-refractivity contribution in [2.45, 2.75) is 26.2 Å². The van der Waals surface area contributed by atoms with Gasteiger partial charge in [0, 0.05) is 12.1 Å². The fourth-order valence-corrected chi connectivity index (χ4v) is 1.48. The number of amides is 2. The van der Waals surface area contributed by atoms with Crippen LogP contribution in [-0.2, 0) is 9.59 Å². The Kier molecular flexibility index (Phi) is 6.43. The van der Waals surface area contributed by atoms with E-state index in [0.717, 1.165) is 18.6 Å². The largest absolute Gasteiger partial charge is 0.497 e. The van der Waals surface area contributed by atoms with Crippen LogP contribution in [0.15, 0.2) is 24.3 Å². The minimum atomic E-state index is -0.241.